The lowest BCUT2D eigenvalue weighted by Gasteiger charge is -2.37. The average Bonchev–Trinajstić information content (AvgIpc) is 2.30. The van der Waals surface area contributed by atoms with Crippen molar-refractivity contribution in [2.45, 2.75) is 45.2 Å². The molecular formula is C11H23N3O2. The van der Waals surface area contributed by atoms with Crippen LogP contribution in [0.5, 0.6) is 0 Å². The fourth-order valence-corrected chi connectivity index (χ4v) is 2.17. The molecule has 5 heteroatoms. The van der Waals surface area contributed by atoms with Crippen LogP contribution in [0, 0.1) is 0 Å². The van der Waals surface area contributed by atoms with Gasteiger partial charge in [0.25, 0.3) is 0 Å². The van der Waals surface area contributed by atoms with Gasteiger partial charge in [-0.1, -0.05) is 5.16 Å². The summed E-state index contributed by atoms with van der Waals surface area (Å²) in [4.78, 5) is 2.42. The van der Waals surface area contributed by atoms with Crippen LogP contribution in [0.2, 0.25) is 0 Å². The normalized spacial score (nSPS) is 19.6. The van der Waals surface area contributed by atoms with Crippen LogP contribution in [0.3, 0.4) is 0 Å². The van der Waals surface area contributed by atoms with Crippen LogP contribution in [0.1, 0.15) is 33.1 Å². The number of amidine groups is 1. The number of hydrogen-bond donors (Lipinski definition) is 2. The van der Waals surface area contributed by atoms with Gasteiger partial charge in [0.15, 0.2) is 0 Å². The summed E-state index contributed by atoms with van der Waals surface area (Å²) in [7, 11) is 0. The topological polar surface area (TPSA) is 71.1 Å². The van der Waals surface area contributed by atoms with Crippen LogP contribution in [0.15, 0.2) is 5.16 Å². The molecule has 0 amide bonds. The van der Waals surface area contributed by atoms with E-state index >= 15 is 0 Å². The molecule has 1 aliphatic rings. The minimum Gasteiger partial charge on any atom is -0.409 e. The van der Waals surface area contributed by atoms with Crippen molar-refractivity contribution in [2.75, 3.05) is 19.8 Å². The lowest BCUT2D eigenvalue weighted by Crippen LogP contribution is -2.44. The SMILES string of the molecule is CC(C)N(CCC(N)=NO)C1CCOCC1. The molecule has 0 spiro atoms. The third-order valence-electron chi connectivity index (χ3n) is 3.08. The second-order valence-electron chi connectivity index (χ2n) is 4.52. The van der Waals surface area contributed by atoms with Gasteiger partial charge in [-0.25, -0.2) is 0 Å². The Bertz CT molecular complexity index is 225. The van der Waals surface area contributed by atoms with Crippen molar-refractivity contribution in [1.29, 1.82) is 0 Å². The van der Waals surface area contributed by atoms with E-state index in [-0.39, 0.29) is 0 Å². The average molecular weight is 229 g/mol. The van der Waals surface area contributed by atoms with Crippen molar-refractivity contribution in [3.8, 4) is 0 Å². The van der Waals surface area contributed by atoms with Crippen LogP contribution in [0.25, 0.3) is 0 Å². The Morgan fingerprint density at radius 3 is 2.62 bits per heavy atom. The van der Waals surface area contributed by atoms with E-state index in [4.69, 9.17) is 15.7 Å². The van der Waals surface area contributed by atoms with Gasteiger partial charge in [0.05, 0.1) is 0 Å². The van der Waals surface area contributed by atoms with Gasteiger partial charge in [0, 0.05) is 38.3 Å². The highest BCUT2D eigenvalue weighted by molar-refractivity contribution is 5.79. The molecule has 0 aliphatic carbocycles. The van der Waals surface area contributed by atoms with Gasteiger partial charge in [-0.3, -0.25) is 4.90 Å². The zero-order valence-electron chi connectivity index (χ0n) is 10.2. The summed E-state index contributed by atoms with van der Waals surface area (Å²) in [6.45, 7) is 6.90. The Balaban J connectivity index is 2.46. The third-order valence-corrected chi connectivity index (χ3v) is 3.08. The first kappa shape index (κ1) is 13.3. The molecule has 0 unspecified atom stereocenters. The fraction of sp³-hybridized carbons (Fsp3) is 0.909. The number of rotatable bonds is 5. The number of nitrogens with two attached hydrogens (primary N) is 1. The lowest BCUT2D eigenvalue weighted by molar-refractivity contribution is 0.0236. The molecular weight excluding hydrogens is 206 g/mol. The van der Waals surface area contributed by atoms with E-state index in [2.05, 4.69) is 23.9 Å². The number of ether oxygens (including phenoxy) is 1. The molecule has 0 aromatic carbocycles. The quantitative estimate of drug-likeness (QED) is 0.319. The van der Waals surface area contributed by atoms with Gasteiger partial charge in [0.1, 0.15) is 5.84 Å². The van der Waals surface area contributed by atoms with Crippen LogP contribution in [-0.4, -0.2) is 47.8 Å². The first-order chi connectivity index (χ1) is 7.65. The monoisotopic (exact) mass is 229 g/mol. The molecule has 0 atom stereocenters. The van der Waals surface area contributed by atoms with Crippen molar-refractivity contribution < 1.29 is 9.94 Å². The van der Waals surface area contributed by atoms with E-state index in [9.17, 15) is 0 Å². The maximum absolute atomic E-state index is 8.52. The molecule has 0 radical (unpaired) electrons. The molecule has 94 valence electrons. The molecule has 5 nitrogen and oxygen atoms in total. The molecule has 1 fully saturated rings. The number of nitrogens with zero attached hydrogens (tertiary/aromatic N) is 2. The Morgan fingerprint density at radius 2 is 2.12 bits per heavy atom. The summed E-state index contributed by atoms with van der Waals surface area (Å²) in [5.74, 6) is 0.303. The molecule has 1 rings (SSSR count). The second kappa shape index (κ2) is 6.70. The van der Waals surface area contributed by atoms with Gasteiger partial charge in [-0.15, -0.1) is 0 Å². The minimum atomic E-state index is 0.303. The van der Waals surface area contributed by atoms with Gasteiger partial charge in [0.2, 0.25) is 0 Å². The molecule has 0 saturated carbocycles. The first-order valence-corrected chi connectivity index (χ1v) is 5.95. The van der Waals surface area contributed by atoms with E-state index in [0.29, 0.717) is 24.3 Å². The van der Waals surface area contributed by atoms with Crippen molar-refractivity contribution in [3.05, 3.63) is 0 Å². The van der Waals surface area contributed by atoms with Crippen molar-refractivity contribution in [1.82, 2.24) is 4.90 Å². The van der Waals surface area contributed by atoms with Gasteiger partial charge >= 0.3 is 0 Å². The molecule has 1 aliphatic heterocycles. The number of oxime groups is 1. The smallest absolute Gasteiger partial charge is 0.140 e. The highest BCUT2D eigenvalue weighted by Crippen LogP contribution is 2.17. The Hall–Kier alpha value is -0.810. The van der Waals surface area contributed by atoms with E-state index < -0.39 is 0 Å². The summed E-state index contributed by atoms with van der Waals surface area (Å²) in [6, 6.07) is 1.05. The van der Waals surface area contributed by atoms with E-state index in [1.807, 2.05) is 0 Å². The van der Waals surface area contributed by atoms with Crippen molar-refractivity contribution >= 4 is 5.84 Å². The van der Waals surface area contributed by atoms with Crippen LogP contribution >= 0.6 is 0 Å². The van der Waals surface area contributed by atoms with Gasteiger partial charge in [-0.05, 0) is 26.7 Å². The Kier molecular flexibility index (Phi) is 5.55. The zero-order valence-corrected chi connectivity index (χ0v) is 10.2. The van der Waals surface area contributed by atoms with E-state index in [1.165, 1.54) is 0 Å². The highest BCUT2D eigenvalue weighted by atomic mass is 16.5. The van der Waals surface area contributed by atoms with E-state index in [0.717, 1.165) is 32.6 Å². The number of hydrogen-bond acceptors (Lipinski definition) is 4. The Morgan fingerprint density at radius 1 is 1.50 bits per heavy atom. The Labute approximate surface area is 97.2 Å². The van der Waals surface area contributed by atoms with Crippen molar-refractivity contribution in [2.24, 2.45) is 10.9 Å². The maximum atomic E-state index is 8.52. The molecule has 0 aromatic rings. The molecule has 0 bridgehead atoms. The van der Waals surface area contributed by atoms with Crippen LogP contribution < -0.4 is 5.73 Å². The fourth-order valence-electron chi connectivity index (χ4n) is 2.17. The van der Waals surface area contributed by atoms with Gasteiger partial charge < -0.3 is 15.7 Å². The van der Waals surface area contributed by atoms with Gasteiger partial charge in [-0.2, -0.15) is 0 Å². The zero-order chi connectivity index (χ0) is 12.0. The highest BCUT2D eigenvalue weighted by Gasteiger charge is 2.23. The standard InChI is InChI=1S/C11H23N3O2/c1-9(2)14(6-3-11(12)13-15)10-4-7-16-8-5-10/h9-10,15H,3-8H2,1-2H3,(H2,12,13). The molecule has 16 heavy (non-hydrogen) atoms. The molecule has 0 aromatic heterocycles. The second-order valence-corrected chi connectivity index (χ2v) is 4.52. The largest absolute Gasteiger partial charge is 0.409 e. The third kappa shape index (κ3) is 3.98. The lowest BCUT2D eigenvalue weighted by atomic mass is 10.0. The summed E-state index contributed by atoms with van der Waals surface area (Å²) in [5, 5.41) is 11.5. The maximum Gasteiger partial charge on any atom is 0.140 e. The predicted molar refractivity (Wildman–Crippen MR) is 63.7 cm³/mol. The molecule has 1 heterocycles. The van der Waals surface area contributed by atoms with E-state index in [1.54, 1.807) is 0 Å². The predicted octanol–water partition coefficient (Wildman–Crippen LogP) is 1.01. The van der Waals surface area contributed by atoms with Crippen LogP contribution in [0.4, 0.5) is 0 Å². The molecule has 1 saturated heterocycles. The summed E-state index contributed by atoms with van der Waals surface area (Å²) in [6.07, 6.45) is 2.77. The minimum absolute atomic E-state index is 0.303. The van der Waals surface area contributed by atoms with Crippen LogP contribution in [-0.2, 0) is 4.74 Å². The molecule has 3 N–H and O–H groups in total. The van der Waals surface area contributed by atoms with Crippen molar-refractivity contribution in [3.63, 3.8) is 0 Å². The summed E-state index contributed by atoms with van der Waals surface area (Å²) < 4.78 is 5.36. The summed E-state index contributed by atoms with van der Waals surface area (Å²) in [5.41, 5.74) is 5.50. The first-order valence-electron chi connectivity index (χ1n) is 5.95. The summed E-state index contributed by atoms with van der Waals surface area (Å²) >= 11 is 0.